The number of ether oxygens (including phenoxy) is 1. The smallest absolute Gasteiger partial charge is 0.356 e. The highest BCUT2D eigenvalue weighted by Crippen LogP contribution is 2.25. The zero-order valence-corrected chi connectivity index (χ0v) is 10.2. The lowest BCUT2D eigenvalue weighted by atomic mass is 10.3. The van der Waals surface area contributed by atoms with Crippen LogP contribution in [0.2, 0.25) is 0 Å². The highest BCUT2D eigenvalue weighted by molar-refractivity contribution is 5.88. The summed E-state index contributed by atoms with van der Waals surface area (Å²) < 4.78 is 29.0. The number of hydrogen-bond acceptors (Lipinski definition) is 6. The van der Waals surface area contributed by atoms with Gasteiger partial charge in [-0.05, 0) is 6.07 Å². The number of alkyl halides is 2. The van der Waals surface area contributed by atoms with E-state index >= 15 is 0 Å². The molecule has 0 aliphatic heterocycles. The van der Waals surface area contributed by atoms with E-state index in [1.807, 2.05) is 0 Å². The number of pyridine rings is 1. The van der Waals surface area contributed by atoms with Gasteiger partial charge in [-0.1, -0.05) is 0 Å². The molecular weight excluding hydrogens is 264 g/mol. The molecule has 0 N–H and O–H groups in total. The molecule has 104 valence electrons. The van der Waals surface area contributed by atoms with Gasteiger partial charge in [-0.3, -0.25) is 10.1 Å². The van der Waals surface area contributed by atoms with Crippen LogP contribution in [-0.4, -0.2) is 43.0 Å². The summed E-state index contributed by atoms with van der Waals surface area (Å²) >= 11 is 0. The number of aromatic nitrogens is 1. The summed E-state index contributed by atoms with van der Waals surface area (Å²) in [7, 11) is 2.34. The summed E-state index contributed by atoms with van der Waals surface area (Å²) in [5.41, 5.74) is -0.653. The van der Waals surface area contributed by atoms with E-state index < -0.39 is 29.6 Å². The van der Waals surface area contributed by atoms with Gasteiger partial charge in [0.25, 0.3) is 6.43 Å². The number of nitrogens with zero attached hydrogens (tertiary/aromatic N) is 3. The number of carbonyl (C=O) groups is 1. The highest BCUT2D eigenvalue weighted by Gasteiger charge is 2.23. The Morgan fingerprint density at radius 2 is 2.21 bits per heavy atom. The Bertz CT molecular complexity index is 496. The van der Waals surface area contributed by atoms with E-state index in [9.17, 15) is 23.7 Å². The minimum absolute atomic E-state index is 0.191. The summed E-state index contributed by atoms with van der Waals surface area (Å²) in [5, 5.41) is 10.8. The Hall–Kier alpha value is -2.32. The molecule has 0 unspecified atom stereocenters. The predicted octanol–water partition coefficient (Wildman–Crippen LogP) is 1.48. The van der Waals surface area contributed by atoms with Crippen LogP contribution in [0.15, 0.2) is 12.1 Å². The third-order valence-corrected chi connectivity index (χ3v) is 2.22. The SMILES string of the molecule is COC(=O)c1ccc([N+](=O)[O-])c(N(C)CC(F)F)n1. The first-order valence-corrected chi connectivity index (χ1v) is 5.09. The number of carbonyl (C=O) groups excluding carboxylic acids is 1. The van der Waals surface area contributed by atoms with Crippen LogP contribution in [-0.2, 0) is 4.74 Å². The molecule has 19 heavy (non-hydrogen) atoms. The summed E-state index contributed by atoms with van der Waals surface area (Å²) in [6, 6.07) is 2.13. The Labute approximate surface area is 106 Å². The van der Waals surface area contributed by atoms with Crippen molar-refractivity contribution in [3.8, 4) is 0 Å². The topological polar surface area (TPSA) is 85.6 Å². The first kappa shape index (κ1) is 14.7. The van der Waals surface area contributed by atoms with E-state index in [1.165, 1.54) is 7.05 Å². The highest BCUT2D eigenvalue weighted by atomic mass is 19.3. The van der Waals surface area contributed by atoms with Crippen LogP contribution in [0.25, 0.3) is 0 Å². The number of halogens is 2. The second-order valence-electron chi connectivity index (χ2n) is 3.56. The van der Waals surface area contributed by atoms with Crippen LogP contribution in [0, 0.1) is 10.1 Å². The molecule has 0 aliphatic rings. The second kappa shape index (κ2) is 6.03. The van der Waals surface area contributed by atoms with Crippen LogP contribution in [0.3, 0.4) is 0 Å². The third kappa shape index (κ3) is 3.57. The standard InChI is InChI=1S/C10H11F2N3O4/c1-14(5-8(11)12)9-7(15(17)18)4-3-6(13-9)10(16)19-2/h3-4,8H,5H2,1-2H3. The normalized spacial score (nSPS) is 10.4. The average Bonchev–Trinajstić information content (AvgIpc) is 2.36. The maximum absolute atomic E-state index is 12.3. The molecule has 0 bridgehead atoms. The first-order valence-electron chi connectivity index (χ1n) is 5.09. The maximum atomic E-state index is 12.3. The van der Waals surface area contributed by atoms with Crippen LogP contribution in [0.1, 0.15) is 10.5 Å². The van der Waals surface area contributed by atoms with E-state index in [0.29, 0.717) is 0 Å². The fourth-order valence-corrected chi connectivity index (χ4v) is 1.38. The van der Waals surface area contributed by atoms with Crippen molar-refractivity contribution in [3.63, 3.8) is 0 Å². The molecule has 0 aliphatic carbocycles. The zero-order chi connectivity index (χ0) is 14.6. The van der Waals surface area contributed by atoms with E-state index in [-0.39, 0.29) is 11.5 Å². The summed E-state index contributed by atoms with van der Waals surface area (Å²) in [4.78, 5) is 25.9. The molecule has 0 saturated carbocycles. The number of nitro groups is 1. The van der Waals surface area contributed by atoms with Crippen molar-refractivity contribution >= 4 is 17.5 Å². The van der Waals surface area contributed by atoms with Crippen molar-refractivity contribution in [1.29, 1.82) is 0 Å². The van der Waals surface area contributed by atoms with Crippen molar-refractivity contribution in [2.75, 3.05) is 25.6 Å². The summed E-state index contributed by atoms with van der Waals surface area (Å²) in [6.45, 7) is -0.738. The molecule has 0 saturated heterocycles. The van der Waals surface area contributed by atoms with Crippen molar-refractivity contribution in [3.05, 3.63) is 27.9 Å². The third-order valence-electron chi connectivity index (χ3n) is 2.22. The van der Waals surface area contributed by atoms with Gasteiger partial charge in [0, 0.05) is 13.1 Å². The minimum atomic E-state index is -2.69. The molecule has 9 heteroatoms. The number of hydrogen-bond donors (Lipinski definition) is 0. The monoisotopic (exact) mass is 275 g/mol. The lowest BCUT2D eigenvalue weighted by Crippen LogP contribution is -2.26. The Morgan fingerprint density at radius 3 is 2.68 bits per heavy atom. The predicted molar refractivity (Wildman–Crippen MR) is 61.5 cm³/mol. The Balaban J connectivity index is 3.22. The van der Waals surface area contributed by atoms with Gasteiger partial charge >= 0.3 is 11.7 Å². The molecule has 1 aromatic heterocycles. The fraction of sp³-hybridized carbons (Fsp3) is 0.400. The van der Waals surface area contributed by atoms with Crippen LogP contribution in [0.4, 0.5) is 20.3 Å². The van der Waals surface area contributed by atoms with Crippen molar-refractivity contribution in [2.45, 2.75) is 6.43 Å². The number of methoxy groups -OCH3 is 1. The maximum Gasteiger partial charge on any atom is 0.356 e. The lowest BCUT2D eigenvalue weighted by molar-refractivity contribution is -0.384. The largest absolute Gasteiger partial charge is 0.464 e. The van der Waals surface area contributed by atoms with Gasteiger partial charge in [0.05, 0.1) is 18.6 Å². The Morgan fingerprint density at radius 1 is 1.58 bits per heavy atom. The molecule has 1 rings (SSSR count). The Kier molecular flexibility index (Phi) is 4.67. The number of anilines is 1. The minimum Gasteiger partial charge on any atom is -0.464 e. The molecule has 7 nitrogen and oxygen atoms in total. The number of rotatable bonds is 5. The van der Waals surface area contributed by atoms with E-state index in [1.54, 1.807) is 0 Å². The van der Waals surface area contributed by atoms with Crippen LogP contribution >= 0.6 is 0 Å². The van der Waals surface area contributed by atoms with Gasteiger partial charge in [-0.2, -0.15) is 0 Å². The molecule has 0 fully saturated rings. The molecule has 0 radical (unpaired) electrons. The van der Waals surface area contributed by atoms with Gasteiger partial charge in [0.15, 0.2) is 5.69 Å². The van der Waals surface area contributed by atoms with Gasteiger partial charge in [-0.15, -0.1) is 0 Å². The van der Waals surface area contributed by atoms with Gasteiger partial charge in [0.2, 0.25) is 5.82 Å². The number of esters is 1. The molecule has 1 heterocycles. The lowest BCUT2D eigenvalue weighted by Gasteiger charge is -2.17. The van der Waals surface area contributed by atoms with Gasteiger partial charge in [-0.25, -0.2) is 18.6 Å². The molecule has 1 aromatic rings. The molecule has 0 atom stereocenters. The van der Waals surface area contributed by atoms with Gasteiger partial charge < -0.3 is 9.64 Å². The van der Waals surface area contributed by atoms with Crippen molar-refractivity contribution < 1.29 is 23.2 Å². The molecule has 0 aromatic carbocycles. The second-order valence-corrected chi connectivity index (χ2v) is 3.56. The van der Waals surface area contributed by atoms with Crippen molar-refractivity contribution in [1.82, 2.24) is 4.98 Å². The van der Waals surface area contributed by atoms with Crippen LogP contribution in [0.5, 0.6) is 0 Å². The average molecular weight is 275 g/mol. The van der Waals surface area contributed by atoms with Crippen LogP contribution < -0.4 is 4.90 Å². The summed E-state index contributed by atoms with van der Waals surface area (Å²) in [5.74, 6) is -1.12. The van der Waals surface area contributed by atoms with E-state index in [0.717, 1.165) is 24.1 Å². The van der Waals surface area contributed by atoms with E-state index in [2.05, 4.69) is 9.72 Å². The van der Waals surface area contributed by atoms with Gasteiger partial charge in [0.1, 0.15) is 0 Å². The molecule has 0 amide bonds. The quantitative estimate of drug-likeness (QED) is 0.459. The van der Waals surface area contributed by atoms with Crippen molar-refractivity contribution in [2.24, 2.45) is 0 Å². The zero-order valence-electron chi connectivity index (χ0n) is 10.2. The first-order chi connectivity index (χ1) is 8.86. The van der Waals surface area contributed by atoms with E-state index in [4.69, 9.17) is 0 Å². The summed E-state index contributed by atoms with van der Waals surface area (Å²) in [6.07, 6.45) is -2.69. The molecule has 0 spiro atoms. The molecular formula is C10H11F2N3O4. The fourth-order valence-electron chi connectivity index (χ4n) is 1.38.